The molecule has 2 fully saturated rings. The minimum atomic E-state index is 0.142. The van der Waals surface area contributed by atoms with Gasteiger partial charge in [0, 0.05) is 38.3 Å². The van der Waals surface area contributed by atoms with Crippen LogP contribution >= 0.6 is 0 Å². The van der Waals surface area contributed by atoms with Crippen molar-refractivity contribution in [2.24, 2.45) is 0 Å². The number of amides is 2. The minimum absolute atomic E-state index is 0.142. The summed E-state index contributed by atoms with van der Waals surface area (Å²) in [7, 11) is 2.15. The molecule has 4 rings (SSSR count). The van der Waals surface area contributed by atoms with Gasteiger partial charge >= 0.3 is 6.03 Å². The summed E-state index contributed by atoms with van der Waals surface area (Å²) in [4.78, 5) is 19.6. The Labute approximate surface area is 157 Å². The fourth-order valence-electron chi connectivity index (χ4n) is 4.76. The largest absolute Gasteiger partial charge is 0.335 e. The van der Waals surface area contributed by atoms with Crippen molar-refractivity contribution < 1.29 is 4.79 Å². The molecule has 2 aliphatic heterocycles. The smallest absolute Gasteiger partial charge is 0.317 e. The number of benzene rings is 1. The molecule has 1 aromatic rings. The molecule has 2 saturated heterocycles. The van der Waals surface area contributed by atoms with Gasteiger partial charge < -0.3 is 15.1 Å². The highest BCUT2D eigenvalue weighted by molar-refractivity contribution is 5.74. The van der Waals surface area contributed by atoms with Crippen molar-refractivity contribution in [3.63, 3.8) is 0 Å². The predicted molar refractivity (Wildman–Crippen MR) is 104 cm³/mol. The van der Waals surface area contributed by atoms with Crippen LogP contribution in [-0.4, -0.2) is 73.1 Å². The van der Waals surface area contributed by atoms with Crippen LogP contribution in [0, 0.1) is 0 Å². The third kappa shape index (κ3) is 3.89. The average molecular weight is 357 g/mol. The standard InChI is InChI=1S/C21H32N4O/c1-23-11-9-18(10-12-23)22-21(26)25-15-13-24(14-16-25)20-8-4-6-17-5-2-3-7-19(17)20/h2-3,5,7,18,20H,4,6,8-16H2,1H3,(H,22,26). The maximum atomic E-state index is 12.6. The van der Waals surface area contributed by atoms with E-state index in [1.165, 1.54) is 30.4 Å². The maximum Gasteiger partial charge on any atom is 0.317 e. The Hall–Kier alpha value is -1.59. The topological polar surface area (TPSA) is 38.8 Å². The number of urea groups is 1. The fourth-order valence-corrected chi connectivity index (χ4v) is 4.76. The number of carbonyl (C=O) groups is 1. The molecular formula is C21H32N4O. The Bertz CT molecular complexity index is 618. The molecule has 26 heavy (non-hydrogen) atoms. The van der Waals surface area contributed by atoms with Gasteiger partial charge in [-0.25, -0.2) is 4.79 Å². The van der Waals surface area contributed by atoms with Crippen molar-refractivity contribution in [2.75, 3.05) is 46.3 Å². The monoisotopic (exact) mass is 356 g/mol. The summed E-state index contributed by atoms with van der Waals surface area (Å²) in [6.45, 7) is 5.83. The molecule has 3 aliphatic rings. The Balaban J connectivity index is 1.30. The van der Waals surface area contributed by atoms with Crippen molar-refractivity contribution in [3.8, 4) is 0 Å². The van der Waals surface area contributed by atoms with E-state index >= 15 is 0 Å². The predicted octanol–water partition coefficient (Wildman–Crippen LogP) is 2.49. The van der Waals surface area contributed by atoms with Crippen LogP contribution in [0.4, 0.5) is 4.79 Å². The van der Waals surface area contributed by atoms with Crippen molar-refractivity contribution >= 4 is 6.03 Å². The SMILES string of the molecule is CN1CCC(NC(=O)N2CCN(C3CCCc4ccccc43)CC2)CC1. The third-order valence-corrected chi connectivity index (χ3v) is 6.43. The highest BCUT2D eigenvalue weighted by Gasteiger charge is 2.30. The van der Waals surface area contributed by atoms with E-state index in [4.69, 9.17) is 0 Å². The minimum Gasteiger partial charge on any atom is -0.335 e. The first-order valence-electron chi connectivity index (χ1n) is 10.3. The molecule has 142 valence electrons. The van der Waals surface area contributed by atoms with Gasteiger partial charge in [0.1, 0.15) is 0 Å². The zero-order valence-electron chi connectivity index (χ0n) is 16.0. The molecule has 1 aromatic carbocycles. The highest BCUT2D eigenvalue weighted by Crippen LogP contribution is 2.34. The second kappa shape index (κ2) is 7.97. The second-order valence-electron chi connectivity index (χ2n) is 8.16. The van der Waals surface area contributed by atoms with E-state index < -0.39 is 0 Å². The van der Waals surface area contributed by atoms with Crippen LogP contribution in [0.5, 0.6) is 0 Å². The third-order valence-electron chi connectivity index (χ3n) is 6.43. The van der Waals surface area contributed by atoms with E-state index in [-0.39, 0.29) is 6.03 Å². The van der Waals surface area contributed by atoms with Gasteiger partial charge in [-0.2, -0.15) is 0 Å². The molecule has 0 saturated carbocycles. The van der Waals surface area contributed by atoms with Crippen LogP contribution in [0.25, 0.3) is 0 Å². The molecule has 1 atom stereocenters. The van der Waals surface area contributed by atoms with Crippen molar-refractivity contribution in [1.29, 1.82) is 0 Å². The summed E-state index contributed by atoms with van der Waals surface area (Å²) < 4.78 is 0. The van der Waals surface area contributed by atoms with Gasteiger partial charge in [-0.3, -0.25) is 4.90 Å². The normalized spacial score (nSPS) is 25.7. The van der Waals surface area contributed by atoms with Crippen LogP contribution in [-0.2, 0) is 6.42 Å². The summed E-state index contributed by atoms with van der Waals surface area (Å²) >= 11 is 0. The van der Waals surface area contributed by atoms with Crippen LogP contribution < -0.4 is 5.32 Å². The first-order chi connectivity index (χ1) is 12.7. The molecule has 5 heteroatoms. The van der Waals surface area contributed by atoms with Gasteiger partial charge in [0.25, 0.3) is 0 Å². The first-order valence-corrected chi connectivity index (χ1v) is 10.3. The number of nitrogens with zero attached hydrogens (tertiary/aromatic N) is 3. The molecular weight excluding hydrogens is 324 g/mol. The Kier molecular flexibility index (Phi) is 5.46. The lowest BCUT2D eigenvalue weighted by Gasteiger charge is -2.42. The number of carbonyl (C=O) groups excluding carboxylic acids is 1. The lowest BCUT2D eigenvalue weighted by atomic mass is 9.86. The number of likely N-dealkylation sites (tertiary alicyclic amines) is 1. The van der Waals surface area contributed by atoms with E-state index in [1.54, 1.807) is 0 Å². The summed E-state index contributed by atoms with van der Waals surface area (Å²) in [5.74, 6) is 0. The molecule has 0 aromatic heterocycles. The number of hydrogen-bond acceptors (Lipinski definition) is 3. The summed E-state index contributed by atoms with van der Waals surface area (Å²) in [6.07, 6.45) is 5.88. The zero-order chi connectivity index (χ0) is 17.9. The van der Waals surface area contributed by atoms with Crippen molar-refractivity contribution in [1.82, 2.24) is 20.0 Å². The molecule has 1 aliphatic carbocycles. The van der Waals surface area contributed by atoms with Crippen LogP contribution in [0.2, 0.25) is 0 Å². The van der Waals surface area contributed by atoms with Gasteiger partial charge in [-0.1, -0.05) is 24.3 Å². The van der Waals surface area contributed by atoms with Crippen LogP contribution in [0.15, 0.2) is 24.3 Å². The first kappa shape index (κ1) is 17.8. The van der Waals surface area contributed by atoms with E-state index in [9.17, 15) is 4.79 Å². The Morgan fingerprint density at radius 3 is 2.50 bits per heavy atom. The van der Waals surface area contributed by atoms with Gasteiger partial charge in [0.05, 0.1) is 0 Å². The van der Waals surface area contributed by atoms with Gasteiger partial charge in [-0.15, -0.1) is 0 Å². The van der Waals surface area contributed by atoms with Gasteiger partial charge in [0.2, 0.25) is 0 Å². The fraction of sp³-hybridized carbons (Fsp3) is 0.667. The van der Waals surface area contributed by atoms with E-state index in [1.807, 2.05) is 4.90 Å². The number of nitrogens with one attached hydrogen (secondary N) is 1. The van der Waals surface area contributed by atoms with Crippen molar-refractivity contribution in [2.45, 2.75) is 44.2 Å². The summed E-state index contributed by atoms with van der Waals surface area (Å²) in [5.41, 5.74) is 3.04. The molecule has 5 nitrogen and oxygen atoms in total. The van der Waals surface area contributed by atoms with Crippen LogP contribution in [0.1, 0.15) is 42.9 Å². The number of piperazine rings is 1. The summed E-state index contributed by atoms with van der Waals surface area (Å²) in [5, 5.41) is 3.26. The molecule has 1 N–H and O–H groups in total. The number of fused-ring (bicyclic) bond motifs is 1. The molecule has 2 amide bonds. The Morgan fingerprint density at radius 1 is 1.00 bits per heavy atom. The lowest BCUT2D eigenvalue weighted by molar-refractivity contribution is 0.0975. The van der Waals surface area contributed by atoms with Crippen LogP contribution in [0.3, 0.4) is 0 Å². The number of aryl methyl sites for hydroxylation is 1. The quantitative estimate of drug-likeness (QED) is 0.885. The number of piperidine rings is 1. The molecule has 2 heterocycles. The highest BCUT2D eigenvalue weighted by atomic mass is 16.2. The summed E-state index contributed by atoms with van der Waals surface area (Å²) in [6, 6.07) is 9.95. The van der Waals surface area contributed by atoms with E-state index in [0.29, 0.717) is 12.1 Å². The average Bonchev–Trinajstić information content (AvgIpc) is 2.69. The Morgan fingerprint density at radius 2 is 1.73 bits per heavy atom. The van der Waals surface area contributed by atoms with E-state index in [0.717, 1.165) is 52.1 Å². The van der Waals surface area contributed by atoms with Gasteiger partial charge in [0.15, 0.2) is 0 Å². The van der Waals surface area contributed by atoms with Gasteiger partial charge in [-0.05, 0) is 63.4 Å². The van der Waals surface area contributed by atoms with E-state index in [2.05, 4.69) is 46.4 Å². The molecule has 0 radical (unpaired) electrons. The lowest BCUT2D eigenvalue weighted by Crippen LogP contribution is -2.55. The maximum absolute atomic E-state index is 12.6. The van der Waals surface area contributed by atoms with Crippen molar-refractivity contribution in [3.05, 3.63) is 35.4 Å². The molecule has 0 bridgehead atoms. The second-order valence-corrected chi connectivity index (χ2v) is 8.16. The molecule has 1 unspecified atom stereocenters. The molecule has 0 spiro atoms. The number of hydrogen-bond donors (Lipinski definition) is 1. The zero-order valence-corrected chi connectivity index (χ0v) is 16.0. The number of rotatable bonds is 2.